The van der Waals surface area contributed by atoms with Crippen LogP contribution >= 0.6 is 15.9 Å². The number of nitrogen functional groups attached to an aromatic ring is 1. The van der Waals surface area contributed by atoms with Crippen molar-refractivity contribution in [3.8, 4) is 0 Å². The van der Waals surface area contributed by atoms with E-state index in [4.69, 9.17) is 10.5 Å². The molecule has 4 nitrogen and oxygen atoms in total. The first-order chi connectivity index (χ1) is 8.44. The number of carbonyl (C=O) groups is 1. The first-order valence-corrected chi connectivity index (χ1v) is 6.70. The van der Waals surface area contributed by atoms with Crippen LogP contribution in [0.5, 0.6) is 0 Å². The lowest BCUT2D eigenvalue weighted by Gasteiger charge is -2.29. The molecule has 0 radical (unpaired) electrons. The van der Waals surface area contributed by atoms with Gasteiger partial charge in [0.05, 0.1) is 11.4 Å². The topological polar surface area (TPSA) is 55.6 Å². The van der Waals surface area contributed by atoms with Crippen LogP contribution in [-0.4, -0.2) is 25.2 Å². The normalized spacial score (nSPS) is 23.1. The molecule has 1 saturated heterocycles. The molecule has 1 aliphatic heterocycles. The maximum Gasteiger partial charge on any atom is 0.258 e. The zero-order valence-electron chi connectivity index (χ0n) is 10.6. The van der Waals surface area contributed by atoms with E-state index in [1.807, 2.05) is 19.1 Å². The quantitative estimate of drug-likeness (QED) is 0.854. The Morgan fingerprint density at radius 3 is 2.83 bits per heavy atom. The summed E-state index contributed by atoms with van der Waals surface area (Å²) in [7, 11) is 1.73. The SMILES string of the molecule is CN(C(=O)C1(C)CCCO1)c1ccc(Br)cc1N. The van der Waals surface area contributed by atoms with Gasteiger partial charge in [-0.2, -0.15) is 0 Å². The van der Waals surface area contributed by atoms with Crippen molar-refractivity contribution in [2.75, 3.05) is 24.3 Å². The van der Waals surface area contributed by atoms with Crippen LogP contribution < -0.4 is 10.6 Å². The minimum Gasteiger partial charge on any atom is -0.397 e. The highest BCUT2D eigenvalue weighted by Crippen LogP contribution is 2.32. The number of halogens is 1. The number of amides is 1. The van der Waals surface area contributed by atoms with Gasteiger partial charge in [-0.05, 0) is 38.0 Å². The van der Waals surface area contributed by atoms with Crippen molar-refractivity contribution >= 4 is 33.2 Å². The van der Waals surface area contributed by atoms with Gasteiger partial charge >= 0.3 is 0 Å². The van der Waals surface area contributed by atoms with Gasteiger partial charge in [-0.15, -0.1) is 0 Å². The van der Waals surface area contributed by atoms with E-state index in [9.17, 15) is 4.79 Å². The van der Waals surface area contributed by atoms with E-state index >= 15 is 0 Å². The summed E-state index contributed by atoms with van der Waals surface area (Å²) >= 11 is 3.35. The molecule has 1 heterocycles. The van der Waals surface area contributed by atoms with Crippen LogP contribution in [0.15, 0.2) is 22.7 Å². The number of hydrogen-bond donors (Lipinski definition) is 1. The first-order valence-electron chi connectivity index (χ1n) is 5.91. The molecule has 2 rings (SSSR count). The van der Waals surface area contributed by atoms with Gasteiger partial charge in [-0.1, -0.05) is 15.9 Å². The Bertz CT molecular complexity index is 470. The molecular formula is C13H17BrN2O2. The maximum absolute atomic E-state index is 12.4. The number of carbonyl (C=O) groups excluding carboxylic acids is 1. The Balaban J connectivity index is 2.25. The third-order valence-corrected chi connectivity index (χ3v) is 3.82. The third-order valence-electron chi connectivity index (χ3n) is 3.33. The van der Waals surface area contributed by atoms with Crippen LogP contribution in [-0.2, 0) is 9.53 Å². The molecular weight excluding hydrogens is 296 g/mol. The molecule has 2 N–H and O–H groups in total. The van der Waals surface area contributed by atoms with Crippen molar-refractivity contribution < 1.29 is 9.53 Å². The lowest BCUT2D eigenvalue weighted by Crippen LogP contribution is -2.45. The molecule has 1 aromatic carbocycles. The summed E-state index contributed by atoms with van der Waals surface area (Å²) in [4.78, 5) is 14.0. The van der Waals surface area contributed by atoms with E-state index in [1.54, 1.807) is 18.0 Å². The largest absolute Gasteiger partial charge is 0.397 e. The second kappa shape index (κ2) is 4.90. The van der Waals surface area contributed by atoms with E-state index in [2.05, 4.69) is 15.9 Å². The maximum atomic E-state index is 12.4. The van der Waals surface area contributed by atoms with E-state index in [-0.39, 0.29) is 5.91 Å². The minimum absolute atomic E-state index is 0.0472. The molecule has 1 fully saturated rings. The fourth-order valence-corrected chi connectivity index (χ4v) is 2.62. The van der Waals surface area contributed by atoms with Crippen LogP contribution in [0.25, 0.3) is 0 Å². The highest BCUT2D eigenvalue weighted by molar-refractivity contribution is 9.10. The van der Waals surface area contributed by atoms with Crippen molar-refractivity contribution in [2.45, 2.75) is 25.4 Å². The van der Waals surface area contributed by atoms with E-state index < -0.39 is 5.60 Å². The van der Waals surface area contributed by atoms with Gasteiger partial charge in [0.25, 0.3) is 5.91 Å². The monoisotopic (exact) mass is 312 g/mol. The second-order valence-corrected chi connectivity index (χ2v) is 5.67. The average Bonchev–Trinajstić information content (AvgIpc) is 2.76. The molecule has 0 saturated carbocycles. The van der Waals surface area contributed by atoms with Crippen molar-refractivity contribution in [3.05, 3.63) is 22.7 Å². The second-order valence-electron chi connectivity index (χ2n) is 4.75. The fraction of sp³-hybridized carbons (Fsp3) is 0.462. The highest BCUT2D eigenvalue weighted by Gasteiger charge is 2.40. The number of anilines is 2. The Hall–Kier alpha value is -1.07. The van der Waals surface area contributed by atoms with Crippen LogP contribution in [0.1, 0.15) is 19.8 Å². The molecule has 18 heavy (non-hydrogen) atoms. The van der Waals surface area contributed by atoms with E-state index in [0.717, 1.165) is 17.3 Å². The van der Waals surface area contributed by atoms with Gasteiger partial charge in [0.15, 0.2) is 0 Å². The predicted octanol–water partition coefficient (Wildman–Crippen LogP) is 2.56. The third kappa shape index (κ3) is 2.37. The van der Waals surface area contributed by atoms with Crippen molar-refractivity contribution in [1.82, 2.24) is 0 Å². The zero-order chi connectivity index (χ0) is 13.3. The summed E-state index contributed by atoms with van der Waals surface area (Å²) in [6.07, 6.45) is 1.68. The van der Waals surface area contributed by atoms with Crippen LogP contribution in [0.3, 0.4) is 0 Å². The summed E-state index contributed by atoms with van der Waals surface area (Å²) in [5.74, 6) is -0.0472. The highest BCUT2D eigenvalue weighted by atomic mass is 79.9. The molecule has 1 atom stereocenters. The first kappa shape index (κ1) is 13.4. The molecule has 0 aromatic heterocycles. The standard InChI is InChI=1S/C13H17BrN2O2/c1-13(6-3-7-18-13)12(17)16(2)11-5-4-9(14)8-10(11)15/h4-5,8H,3,6-7,15H2,1-2H3. The summed E-state index contributed by atoms with van der Waals surface area (Å²) in [6, 6.07) is 5.49. The number of likely N-dealkylation sites (N-methyl/N-ethyl adjacent to an activating group) is 1. The molecule has 5 heteroatoms. The van der Waals surface area contributed by atoms with Gasteiger partial charge in [-0.3, -0.25) is 4.79 Å². The summed E-state index contributed by atoms with van der Waals surface area (Å²) < 4.78 is 6.46. The average molecular weight is 313 g/mol. The summed E-state index contributed by atoms with van der Waals surface area (Å²) in [5.41, 5.74) is 6.50. The molecule has 0 spiro atoms. The Morgan fingerprint density at radius 1 is 1.56 bits per heavy atom. The Morgan fingerprint density at radius 2 is 2.28 bits per heavy atom. The number of benzene rings is 1. The van der Waals surface area contributed by atoms with Gasteiger partial charge in [0.1, 0.15) is 5.60 Å². The number of nitrogens with two attached hydrogens (primary N) is 1. The smallest absolute Gasteiger partial charge is 0.258 e. The van der Waals surface area contributed by atoms with E-state index in [0.29, 0.717) is 18.0 Å². The van der Waals surface area contributed by atoms with Gasteiger partial charge in [-0.25, -0.2) is 0 Å². The Labute approximate surface area is 115 Å². The number of nitrogens with zero attached hydrogens (tertiary/aromatic N) is 1. The van der Waals surface area contributed by atoms with Crippen LogP contribution in [0, 0.1) is 0 Å². The molecule has 0 bridgehead atoms. The predicted molar refractivity (Wildman–Crippen MR) is 75.6 cm³/mol. The molecule has 1 unspecified atom stereocenters. The van der Waals surface area contributed by atoms with Crippen LogP contribution in [0.4, 0.5) is 11.4 Å². The zero-order valence-corrected chi connectivity index (χ0v) is 12.2. The molecule has 98 valence electrons. The molecule has 1 aliphatic rings. The molecule has 0 aliphatic carbocycles. The summed E-state index contributed by atoms with van der Waals surface area (Å²) in [5, 5.41) is 0. The number of ether oxygens (including phenoxy) is 1. The Kier molecular flexibility index (Phi) is 3.64. The van der Waals surface area contributed by atoms with Crippen molar-refractivity contribution in [1.29, 1.82) is 0 Å². The lowest BCUT2D eigenvalue weighted by molar-refractivity contribution is -0.136. The van der Waals surface area contributed by atoms with E-state index in [1.165, 1.54) is 0 Å². The number of hydrogen-bond acceptors (Lipinski definition) is 3. The van der Waals surface area contributed by atoms with Crippen molar-refractivity contribution in [2.24, 2.45) is 0 Å². The van der Waals surface area contributed by atoms with Crippen molar-refractivity contribution in [3.63, 3.8) is 0 Å². The summed E-state index contributed by atoms with van der Waals surface area (Å²) in [6.45, 7) is 2.49. The van der Waals surface area contributed by atoms with Gasteiger partial charge in [0, 0.05) is 18.1 Å². The molecule has 1 aromatic rings. The van der Waals surface area contributed by atoms with Gasteiger partial charge < -0.3 is 15.4 Å². The van der Waals surface area contributed by atoms with Crippen LogP contribution in [0.2, 0.25) is 0 Å². The lowest BCUT2D eigenvalue weighted by atomic mass is 10.0. The fourth-order valence-electron chi connectivity index (χ4n) is 2.24. The molecule has 1 amide bonds. The minimum atomic E-state index is -0.714. The van der Waals surface area contributed by atoms with Gasteiger partial charge in [0.2, 0.25) is 0 Å². The number of rotatable bonds is 2.